The third-order valence-electron chi connectivity index (χ3n) is 1.54. The van der Waals surface area contributed by atoms with Gasteiger partial charge in [0.1, 0.15) is 0 Å². The Morgan fingerprint density at radius 2 is 2.50 bits per heavy atom. The second-order valence-electron chi connectivity index (χ2n) is 2.39. The van der Waals surface area contributed by atoms with Crippen LogP contribution in [0.1, 0.15) is 13.3 Å². The quantitative estimate of drug-likeness (QED) is 0.495. The molecule has 8 heavy (non-hydrogen) atoms. The van der Waals surface area contributed by atoms with Crippen molar-refractivity contribution in [3.8, 4) is 0 Å². The van der Waals surface area contributed by atoms with E-state index in [4.69, 9.17) is 5.90 Å². The summed E-state index contributed by atoms with van der Waals surface area (Å²) in [7, 11) is 0. The summed E-state index contributed by atoms with van der Waals surface area (Å²) in [6, 6.07) is 0. The summed E-state index contributed by atoms with van der Waals surface area (Å²) < 4.78 is 0. The molecule has 0 radical (unpaired) electrons. The number of nitrogens with zero attached hydrogens (tertiary/aromatic N) is 1. The molecule has 0 saturated carbocycles. The summed E-state index contributed by atoms with van der Waals surface area (Å²) in [6.45, 7) is 4.16. The fourth-order valence-corrected chi connectivity index (χ4v) is 0.990. The van der Waals surface area contributed by atoms with Crippen molar-refractivity contribution in [2.45, 2.75) is 13.3 Å². The van der Waals surface area contributed by atoms with Gasteiger partial charge in [-0.25, -0.2) is 4.94 Å². The van der Waals surface area contributed by atoms with E-state index in [0.29, 0.717) is 0 Å². The van der Waals surface area contributed by atoms with Gasteiger partial charge in [0.15, 0.2) is 0 Å². The lowest BCUT2D eigenvalue weighted by Gasteiger charge is -2.08. The highest BCUT2D eigenvalue weighted by Crippen LogP contribution is 2.13. The van der Waals surface area contributed by atoms with Gasteiger partial charge in [0.05, 0.1) is 0 Å². The first kappa shape index (κ1) is 6.01. The molecule has 1 aliphatic rings. The van der Waals surface area contributed by atoms with Gasteiger partial charge in [-0.2, -0.15) is 11.0 Å². The number of hydrogen-bond donors (Lipinski definition) is 1. The largest absolute Gasteiger partial charge is 0.214 e. The zero-order chi connectivity index (χ0) is 5.98. The summed E-state index contributed by atoms with van der Waals surface area (Å²) in [5.41, 5.74) is 0. The highest BCUT2D eigenvalue weighted by molar-refractivity contribution is 4.64. The Hall–Kier alpha value is -0.120. The van der Waals surface area contributed by atoms with Gasteiger partial charge in [-0.15, -0.1) is 0 Å². The Kier molecular flexibility index (Phi) is 1.83. The summed E-state index contributed by atoms with van der Waals surface area (Å²) in [5, 5.41) is 1.78. The van der Waals surface area contributed by atoms with Crippen molar-refractivity contribution in [2.24, 2.45) is 11.8 Å². The van der Waals surface area contributed by atoms with Crippen molar-refractivity contribution in [2.75, 3.05) is 13.1 Å². The zero-order valence-electron chi connectivity index (χ0n) is 5.13. The highest BCUT2D eigenvalue weighted by Gasteiger charge is 2.17. The fourth-order valence-electron chi connectivity index (χ4n) is 0.990. The van der Waals surface area contributed by atoms with Crippen molar-refractivity contribution < 1.29 is 4.94 Å². The van der Waals surface area contributed by atoms with Gasteiger partial charge in [-0.1, -0.05) is 6.92 Å². The van der Waals surface area contributed by atoms with Crippen molar-refractivity contribution in [3.05, 3.63) is 0 Å². The van der Waals surface area contributed by atoms with Crippen molar-refractivity contribution in [1.29, 1.82) is 0 Å². The van der Waals surface area contributed by atoms with Crippen LogP contribution in [-0.2, 0) is 4.94 Å². The lowest BCUT2D eigenvalue weighted by molar-refractivity contribution is -0.148. The maximum absolute atomic E-state index is 4.92. The van der Waals surface area contributed by atoms with Crippen molar-refractivity contribution in [1.82, 2.24) is 5.06 Å². The molecule has 0 aliphatic carbocycles. The minimum absolute atomic E-state index is 0.749. The molecule has 48 valence electrons. The molecule has 2 N–H and O–H groups in total. The van der Waals surface area contributed by atoms with E-state index in [0.717, 1.165) is 19.0 Å². The third-order valence-corrected chi connectivity index (χ3v) is 1.54. The minimum Gasteiger partial charge on any atom is -0.214 e. The van der Waals surface area contributed by atoms with E-state index >= 15 is 0 Å². The molecule has 1 heterocycles. The van der Waals surface area contributed by atoms with E-state index in [1.54, 1.807) is 5.06 Å². The van der Waals surface area contributed by atoms with E-state index < -0.39 is 0 Å². The summed E-state index contributed by atoms with van der Waals surface area (Å²) in [5.74, 6) is 5.67. The Bertz CT molecular complexity index is 76.8. The first-order valence-electron chi connectivity index (χ1n) is 2.94. The SMILES string of the molecule is C[C@@H]1CCN(ON)C1. The van der Waals surface area contributed by atoms with Crippen LogP contribution in [-0.4, -0.2) is 18.2 Å². The van der Waals surface area contributed by atoms with Gasteiger partial charge in [0.25, 0.3) is 0 Å². The van der Waals surface area contributed by atoms with Gasteiger partial charge < -0.3 is 0 Å². The molecule has 0 bridgehead atoms. The molecular weight excluding hydrogens is 104 g/mol. The average molecular weight is 116 g/mol. The number of hydroxylamine groups is 2. The molecule has 0 unspecified atom stereocenters. The monoisotopic (exact) mass is 116 g/mol. The highest BCUT2D eigenvalue weighted by atomic mass is 16.8. The van der Waals surface area contributed by atoms with Gasteiger partial charge in [0.2, 0.25) is 0 Å². The van der Waals surface area contributed by atoms with E-state index in [1.807, 2.05) is 0 Å². The first-order chi connectivity index (χ1) is 3.83. The maximum Gasteiger partial charge on any atom is 0.0285 e. The number of rotatable bonds is 1. The second-order valence-corrected chi connectivity index (χ2v) is 2.39. The molecule has 1 fully saturated rings. The summed E-state index contributed by atoms with van der Waals surface area (Å²) in [4.78, 5) is 4.51. The Morgan fingerprint density at radius 1 is 1.75 bits per heavy atom. The van der Waals surface area contributed by atoms with Gasteiger partial charge in [0, 0.05) is 13.1 Å². The van der Waals surface area contributed by atoms with Crippen LogP contribution in [0.5, 0.6) is 0 Å². The van der Waals surface area contributed by atoms with Crippen LogP contribution in [0.4, 0.5) is 0 Å². The standard InChI is InChI=1S/C5H12N2O/c1-5-2-3-7(4-5)8-6/h5H,2-4,6H2,1H3/t5-/m1/s1. The summed E-state index contributed by atoms with van der Waals surface area (Å²) >= 11 is 0. The molecule has 3 heteroatoms. The van der Waals surface area contributed by atoms with E-state index in [2.05, 4.69) is 11.9 Å². The third kappa shape index (κ3) is 1.18. The first-order valence-corrected chi connectivity index (χ1v) is 2.94. The Morgan fingerprint density at radius 3 is 2.75 bits per heavy atom. The Labute approximate surface area is 49.3 Å². The van der Waals surface area contributed by atoms with Crippen LogP contribution in [0.3, 0.4) is 0 Å². The molecule has 0 aromatic rings. The van der Waals surface area contributed by atoms with Gasteiger partial charge in [-0.3, -0.25) is 0 Å². The molecule has 1 saturated heterocycles. The predicted molar refractivity (Wildman–Crippen MR) is 30.6 cm³/mol. The van der Waals surface area contributed by atoms with Crippen LogP contribution in [0.15, 0.2) is 0 Å². The van der Waals surface area contributed by atoms with Crippen LogP contribution in [0, 0.1) is 5.92 Å². The Balaban J connectivity index is 2.22. The molecule has 0 aromatic heterocycles. The predicted octanol–water partition coefficient (Wildman–Crippen LogP) is 0.134. The van der Waals surface area contributed by atoms with E-state index in [9.17, 15) is 0 Å². The van der Waals surface area contributed by atoms with Crippen LogP contribution < -0.4 is 5.90 Å². The minimum atomic E-state index is 0.749. The van der Waals surface area contributed by atoms with Crippen molar-refractivity contribution >= 4 is 0 Å². The fraction of sp³-hybridized carbons (Fsp3) is 1.00. The molecule has 1 aliphatic heterocycles. The average Bonchev–Trinajstić information content (AvgIpc) is 2.14. The normalized spacial score (nSPS) is 31.5. The molecular formula is C5H12N2O. The molecule has 3 nitrogen and oxygen atoms in total. The second kappa shape index (κ2) is 2.44. The zero-order valence-corrected chi connectivity index (χ0v) is 5.13. The molecule has 0 amide bonds. The van der Waals surface area contributed by atoms with Crippen LogP contribution in [0.2, 0.25) is 0 Å². The van der Waals surface area contributed by atoms with Crippen LogP contribution >= 0.6 is 0 Å². The van der Waals surface area contributed by atoms with Gasteiger partial charge in [-0.05, 0) is 12.3 Å². The van der Waals surface area contributed by atoms with E-state index in [-0.39, 0.29) is 0 Å². The molecule has 0 spiro atoms. The van der Waals surface area contributed by atoms with Crippen molar-refractivity contribution in [3.63, 3.8) is 0 Å². The van der Waals surface area contributed by atoms with Gasteiger partial charge >= 0.3 is 0 Å². The smallest absolute Gasteiger partial charge is 0.0285 e. The maximum atomic E-state index is 4.92. The number of nitrogens with two attached hydrogens (primary N) is 1. The van der Waals surface area contributed by atoms with Crippen LogP contribution in [0.25, 0.3) is 0 Å². The molecule has 1 atom stereocenters. The molecule has 0 aromatic carbocycles. The number of hydrogen-bond acceptors (Lipinski definition) is 3. The summed E-state index contributed by atoms with van der Waals surface area (Å²) in [6.07, 6.45) is 1.21. The topological polar surface area (TPSA) is 38.5 Å². The molecule has 1 rings (SSSR count). The lowest BCUT2D eigenvalue weighted by Crippen LogP contribution is -2.24. The van der Waals surface area contributed by atoms with E-state index in [1.165, 1.54) is 6.42 Å². The lowest BCUT2D eigenvalue weighted by atomic mass is 10.2.